The highest BCUT2D eigenvalue weighted by atomic mass is 16.2. The summed E-state index contributed by atoms with van der Waals surface area (Å²) < 4.78 is 1.74. The van der Waals surface area contributed by atoms with Gasteiger partial charge in [-0.1, -0.05) is 12.1 Å². The number of fused-ring (bicyclic) bond motifs is 1. The van der Waals surface area contributed by atoms with Gasteiger partial charge in [0.2, 0.25) is 5.91 Å². The van der Waals surface area contributed by atoms with E-state index in [-0.39, 0.29) is 11.5 Å². The number of hydrogen-bond acceptors (Lipinski definition) is 5. The first-order valence-corrected chi connectivity index (χ1v) is 9.84. The van der Waals surface area contributed by atoms with Crippen LogP contribution in [0.1, 0.15) is 19.3 Å². The molecule has 27 heavy (non-hydrogen) atoms. The molecule has 0 radical (unpaired) electrons. The van der Waals surface area contributed by atoms with Gasteiger partial charge < -0.3 is 19.3 Å². The van der Waals surface area contributed by atoms with Crippen LogP contribution < -0.4 is 10.5 Å². The second-order valence-electron chi connectivity index (χ2n) is 7.51. The van der Waals surface area contributed by atoms with Crippen LogP contribution in [0.3, 0.4) is 0 Å². The van der Waals surface area contributed by atoms with Gasteiger partial charge in [-0.05, 0) is 32.0 Å². The summed E-state index contributed by atoms with van der Waals surface area (Å²) in [4.78, 5) is 36.6. The van der Waals surface area contributed by atoms with Crippen LogP contribution in [0, 0.1) is 0 Å². The molecule has 1 aromatic carbocycles. The third-order valence-corrected chi connectivity index (χ3v) is 5.65. The van der Waals surface area contributed by atoms with Crippen molar-refractivity contribution in [3.05, 3.63) is 34.6 Å². The van der Waals surface area contributed by atoms with Gasteiger partial charge in [0.05, 0.1) is 11.0 Å². The smallest absolute Gasteiger partial charge is 0.294 e. The van der Waals surface area contributed by atoms with Crippen molar-refractivity contribution in [1.82, 2.24) is 19.4 Å². The number of anilines is 1. The lowest BCUT2D eigenvalue weighted by Gasteiger charge is -2.32. The minimum atomic E-state index is -0.0817. The van der Waals surface area contributed by atoms with E-state index in [0.717, 1.165) is 63.1 Å². The zero-order valence-corrected chi connectivity index (χ0v) is 15.9. The first-order valence-electron chi connectivity index (χ1n) is 9.84. The number of amides is 1. The largest absolute Gasteiger partial charge is 0.352 e. The van der Waals surface area contributed by atoms with E-state index in [0.29, 0.717) is 18.8 Å². The monoisotopic (exact) mass is 369 g/mol. The molecule has 7 heteroatoms. The van der Waals surface area contributed by atoms with Crippen molar-refractivity contribution in [1.29, 1.82) is 0 Å². The van der Waals surface area contributed by atoms with Gasteiger partial charge in [0, 0.05) is 52.2 Å². The summed E-state index contributed by atoms with van der Waals surface area (Å²) in [6, 6.07) is 7.70. The van der Waals surface area contributed by atoms with Crippen molar-refractivity contribution in [2.24, 2.45) is 0 Å². The Kier molecular flexibility index (Phi) is 5.11. The van der Waals surface area contributed by atoms with Gasteiger partial charge in [-0.25, -0.2) is 4.98 Å². The molecule has 2 aliphatic rings. The van der Waals surface area contributed by atoms with E-state index in [4.69, 9.17) is 0 Å². The van der Waals surface area contributed by atoms with E-state index in [9.17, 15) is 9.59 Å². The summed E-state index contributed by atoms with van der Waals surface area (Å²) >= 11 is 0. The number of likely N-dealkylation sites (N-methyl/N-ethyl adjacent to an activating group) is 1. The molecule has 2 saturated heterocycles. The van der Waals surface area contributed by atoms with Gasteiger partial charge in [0.15, 0.2) is 5.82 Å². The number of aryl methyl sites for hydroxylation is 1. The number of rotatable bonds is 4. The van der Waals surface area contributed by atoms with Crippen molar-refractivity contribution < 1.29 is 4.79 Å². The first-order chi connectivity index (χ1) is 13.1. The van der Waals surface area contributed by atoms with Crippen LogP contribution >= 0.6 is 0 Å². The Morgan fingerprint density at radius 1 is 1.04 bits per heavy atom. The van der Waals surface area contributed by atoms with E-state index in [2.05, 4.69) is 21.8 Å². The van der Waals surface area contributed by atoms with Crippen LogP contribution in [-0.2, 0) is 11.3 Å². The Hall–Kier alpha value is -2.41. The molecule has 0 bridgehead atoms. The quantitative estimate of drug-likeness (QED) is 0.809. The van der Waals surface area contributed by atoms with Crippen LogP contribution in [-0.4, -0.2) is 71.6 Å². The molecule has 7 nitrogen and oxygen atoms in total. The summed E-state index contributed by atoms with van der Waals surface area (Å²) in [7, 11) is 2.07. The lowest BCUT2D eigenvalue weighted by Crippen LogP contribution is -2.47. The van der Waals surface area contributed by atoms with Crippen molar-refractivity contribution in [3.8, 4) is 0 Å². The maximum Gasteiger partial charge on any atom is 0.294 e. The topological polar surface area (TPSA) is 61.7 Å². The van der Waals surface area contributed by atoms with Crippen molar-refractivity contribution >= 4 is 22.8 Å². The number of carbonyl (C=O) groups is 1. The maximum atomic E-state index is 13.1. The fourth-order valence-electron chi connectivity index (χ4n) is 3.96. The highest BCUT2D eigenvalue weighted by molar-refractivity contribution is 5.78. The van der Waals surface area contributed by atoms with Gasteiger partial charge in [0.25, 0.3) is 5.56 Å². The minimum Gasteiger partial charge on any atom is -0.352 e. The van der Waals surface area contributed by atoms with E-state index < -0.39 is 0 Å². The van der Waals surface area contributed by atoms with Crippen LogP contribution in [0.4, 0.5) is 5.82 Å². The molecule has 1 aromatic heterocycles. The van der Waals surface area contributed by atoms with Crippen LogP contribution in [0.5, 0.6) is 0 Å². The molecule has 0 unspecified atom stereocenters. The van der Waals surface area contributed by atoms with Gasteiger partial charge >= 0.3 is 0 Å². The molecule has 2 aromatic rings. The Balaban J connectivity index is 1.59. The van der Waals surface area contributed by atoms with Crippen LogP contribution in [0.15, 0.2) is 29.1 Å². The number of hydrogen-bond donors (Lipinski definition) is 0. The fourth-order valence-corrected chi connectivity index (χ4v) is 3.96. The summed E-state index contributed by atoms with van der Waals surface area (Å²) in [6.45, 7) is 5.49. The van der Waals surface area contributed by atoms with Crippen LogP contribution in [0.2, 0.25) is 0 Å². The molecule has 144 valence electrons. The van der Waals surface area contributed by atoms with E-state index in [1.807, 2.05) is 29.2 Å². The molecule has 2 aliphatic heterocycles. The average molecular weight is 369 g/mol. The molecule has 2 fully saturated rings. The summed E-state index contributed by atoms with van der Waals surface area (Å²) in [6.07, 6.45) is 2.53. The Labute approximate surface area is 159 Å². The Bertz CT molecular complexity index is 880. The molecule has 0 saturated carbocycles. The number of benzene rings is 1. The van der Waals surface area contributed by atoms with Crippen molar-refractivity contribution in [2.75, 3.05) is 51.2 Å². The third kappa shape index (κ3) is 3.69. The molecule has 1 amide bonds. The molecular weight excluding hydrogens is 342 g/mol. The fraction of sp³-hybridized carbons (Fsp3) is 0.550. The standard InChI is InChI=1S/C20H27N5O2/c1-22-12-14-23(15-13-22)18(26)8-11-25-17-7-3-2-6-16(17)21-19(20(25)27)24-9-4-5-10-24/h2-3,6-7H,4-5,8-15H2,1H3. The summed E-state index contributed by atoms with van der Waals surface area (Å²) in [5, 5.41) is 0. The number of aromatic nitrogens is 2. The predicted octanol–water partition coefficient (Wildman–Crippen LogP) is 1.16. The van der Waals surface area contributed by atoms with Gasteiger partial charge in [-0.2, -0.15) is 0 Å². The zero-order chi connectivity index (χ0) is 18.8. The van der Waals surface area contributed by atoms with E-state index in [1.54, 1.807) is 4.57 Å². The molecule has 4 rings (SSSR count). The number of nitrogens with zero attached hydrogens (tertiary/aromatic N) is 5. The zero-order valence-electron chi connectivity index (χ0n) is 15.9. The van der Waals surface area contributed by atoms with Gasteiger partial charge in [0.1, 0.15) is 0 Å². The highest BCUT2D eigenvalue weighted by Crippen LogP contribution is 2.18. The molecular formula is C20H27N5O2. The molecule has 0 atom stereocenters. The lowest BCUT2D eigenvalue weighted by atomic mass is 10.2. The summed E-state index contributed by atoms with van der Waals surface area (Å²) in [5.74, 6) is 0.650. The van der Waals surface area contributed by atoms with Crippen molar-refractivity contribution in [2.45, 2.75) is 25.8 Å². The molecule has 3 heterocycles. The molecule has 0 aliphatic carbocycles. The predicted molar refractivity (Wildman–Crippen MR) is 106 cm³/mol. The lowest BCUT2D eigenvalue weighted by molar-refractivity contribution is -0.133. The second-order valence-corrected chi connectivity index (χ2v) is 7.51. The number of piperazine rings is 1. The first kappa shape index (κ1) is 18.0. The molecule has 0 spiro atoms. The van der Waals surface area contributed by atoms with Gasteiger partial charge in [-0.3, -0.25) is 9.59 Å². The van der Waals surface area contributed by atoms with Gasteiger partial charge in [-0.15, -0.1) is 0 Å². The van der Waals surface area contributed by atoms with E-state index >= 15 is 0 Å². The Morgan fingerprint density at radius 2 is 1.74 bits per heavy atom. The third-order valence-electron chi connectivity index (χ3n) is 5.65. The summed E-state index contributed by atoms with van der Waals surface area (Å²) in [5.41, 5.74) is 1.53. The Morgan fingerprint density at radius 3 is 2.48 bits per heavy atom. The number of carbonyl (C=O) groups excluding carboxylic acids is 1. The average Bonchev–Trinajstić information content (AvgIpc) is 3.22. The second kappa shape index (κ2) is 7.68. The van der Waals surface area contributed by atoms with Crippen molar-refractivity contribution in [3.63, 3.8) is 0 Å². The normalized spacial score (nSPS) is 18.4. The minimum absolute atomic E-state index is 0.0817. The SMILES string of the molecule is CN1CCN(C(=O)CCn2c(=O)c(N3CCCC3)nc3ccccc32)CC1. The molecule has 0 N–H and O–H groups in total. The maximum absolute atomic E-state index is 13.1. The van der Waals surface area contributed by atoms with Crippen LogP contribution in [0.25, 0.3) is 11.0 Å². The van der Waals surface area contributed by atoms with E-state index in [1.165, 1.54) is 0 Å². The number of para-hydroxylation sites is 2. The highest BCUT2D eigenvalue weighted by Gasteiger charge is 2.22.